The first kappa shape index (κ1) is 19.2. The molecule has 0 bridgehead atoms. The number of hydrogen-bond donors (Lipinski definition) is 2. The fourth-order valence-corrected chi connectivity index (χ4v) is 5.10. The Morgan fingerprint density at radius 3 is 2.82 bits per heavy atom. The molecule has 0 radical (unpaired) electrons. The maximum absolute atomic E-state index is 13.2. The van der Waals surface area contributed by atoms with Crippen LogP contribution in [0.4, 0.5) is 0 Å². The van der Waals surface area contributed by atoms with Gasteiger partial charge in [0.05, 0.1) is 11.5 Å². The summed E-state index contributed by atoms with van der Waals surface area (Å²) in [4.78, 5) is 28.4. The van der Waals surface area contributed by atoms with Gasteiger partial charge in [-0.2, -0.15) is 11.3 Å². The number of nitrogens with one attached hydrogen (secondary N) is 2. The van der Waals surface area contributed by atoms with Gasteiger partial charge in [0.2, 0.25) is 5.91 Å². The summed E-state index contributed by atoms with van der Waals surface area (Å²) >= 11 is 1.68. The molecule has 1 spiro atoms. The molecule has 1 saturated heterocycles. The summed E-state index contributed by atoms with van der Waals surface area (Å²) < 4.78 is 0. The van der Waals surface area contributed by atoms with E-state index in [2.05, 4.69) is 32.4 Å². The van der Waals surface area contributed by atoms with Crippen molar-refractivity contribution in [2.24, 2.45) is 5.92 Å². The van der Waals surface area contributed by atoms with Gasteiger partial charge in [0.1, 0.15) is 0 Å². The van der Waals surface area contributed by atoms with Crippen LogP contribution in [0.3, 0.4) is 0 Å². The van der Waals surface area contributed by atoms with Crippen LogP contribution in [0, 0.1) is 5.92 Å². The van der Waals surface area contributed by atoms with Crippen molar-refractivity contribution < 1.29 is 9.59 Å². The third-order valence-electron chi connectivity index (χ3n) is 5.54. The Balaban J connectivity index is 1.65. The number of likely N-dealkylation sites (tertiary alicyclic amines) is 1. The number of thiophene rings is 1. The molecule has 2 amide bonds. The van der Waals surface area contributed by atoms with E-state index in [-0.39, 0.29) is 23.3 Å². The van der Waals surface area contributed by atoms with Crippen molar-refractivity contribution in [3.05, 3.63) is 57.8 Å². The second kappa shape index (κ2) is 7.01. The SMILES string of the molecule is CC(C)(C)NC(=O)[C@@H]1CN(Cc2ccsc2)C[C@]12Cc1ccccc1C(=O)N2. The molecule has 2 aliphatic heterocycles. The summed E-state index contributed by atoms with van der Waals surface area (Å²) in [6.45, 7) is 8.08. The lowest BCUT2D eigenvalue weighted by molar-refractivity contribution is -0.127. The normalized spacial score (nSPS) is 24.8. The zero-order chi connectivity index (χ0) is 19.9. The predicted molar refractivity (Wildman–Crippen MR) is 111 cm³/mol. The first-order chi connectivity index (χ1) is 13.3. The minimum Gasteiger partial charge on any atom is -0.351 e. The maximum Gasteiger partial charge on any atom is 0.252 e. The van der Waals surface area contributed by atoms with Crippen molar-refractivity contribution in [1.82, 2.24) is 15.5 Å². The molecule has 3 heterocycles. The minimum atomic E-state index is -0.573. The van der Waals surface area contributed by atoms with Crippen LogP contribution >= 0.6 is 11.3 Å². The fourth-order valence-electron chi connectivity index (χ4n) is 4.44. The van der Waals surface area contributed by atoms with Crippen molar-refractivity contribution >= 4 is 23.2 Å². The Bertz CT molecular complexity index is 887. The van der Waals surface area contributed by atoms with E-state index < -0.39 is 5.54 Å². The number of fused-ring (bicyclic) bond motifs is 1. The fraction of sp³-hybridized carbons (Fsp3) is 0.455. The largest absolute Gasteiger partial charge is 0.351 e. The third kappa shape index (κ3) is 3.71. The number of benzene rings is 1. The topological polar surface area (TPSA) is 61.4 Å². The van der Waals surface area contributed by atoms with Crippen LogP contribution in [0.5, 0.6) is 0 Å². The Kier molecular flexibility index (Phi) is 4.79. The van der Waals surface area contributed by atoms with Gasteiger partial charge in [0, 0.05) is 30.7 Å². The smallest absolute Gasteiger partial charge is 0.252 e. The van der Waals surface area contributed by atoms with Crippen LogP contribution in [0.1, 0.15) is 42.3 Å². The molecule has 4 rings (SSSR count). The van der Waals surface area contributed by atoms with E-state index >= 15 is 0 Å². The summed E-state index contributed by atoms with van der Waals surface area (Å²) in [5.74, 6) is -0.351. The van der Waals surface area contributed by atoms with Crippen LogP contribution in [0.2, 0.25) is 0 Å². The van der Waals surface area contributed by atoms with E-state index in [1.54, 1.807) is 11.3 Å². The van der Waals surface area contributed by atoms with Gasteiger partial charge in [-0.15, -0.1) is 0 Å². The highest BCUT2D eigenvalue weighted by atomic mass is 32.1. The predicted octanol–water partition coefficient (Wildman–Crippen LogP) is 2.82. The zero-order valence-corrected chi connectivity index (χ0v) is 17.4. The summed E-state index contributed by atoms with van der Waals surface area (Å²) in [5.41, 5.74) is 2.11. The van der Waals surface area contributed by atoms with Gasteiger partial charge < -0.3 is 10.6 Å². The van der Waals surface area contributed by atoms with E-state index in [1.165, 1.54) is 5.56 Å². The van der Waals surface area contributed by atoms with E-state index in [9.17, 15) is 9.59 Å². The first-order valence-electron chi connectivity index (χ1n) is 9.72. The highest BCUT2D eigenvalue weighted by Crippen LogP contribution is 2.36. The standard InChI is InChI=1S/C22H27N3O2S/c1-21(2,3)23-20(27)18-12-25(11-15-8-9-28-13-15)14-22(18)10-16-6-4-5-7-17(16)19(26)24-22/h4-9,13,18H,10-12,14H2,1-3H3,(H,23,27)(H,24,26)/t18-,22+/m0/s1. The van der Waals surface area contributed by atoms with Crippen LogP contribution in [-0.4, -0.2) is 40.9 Å². The number of carbonyl (C=O) groups is 2. The van der Waals surface area contributed by atoms with Crippen molar-refractivity contribution in [3.8, 4) is 0 Å². The van der Waals surface area contributed by atoms with Gasteiger partial charge >= 0.3 is 0 Å². The molecule has 2 atom stereocenters. The van der Waals surface area contributed by atoms with Crippen molar-refractivity contribution in [2.45, 2.75) is 44.8 Å². The molecule has 6 heteroatoms. The second-order valence-corrected chi connectivity index (χ2v) is 9.82. The van der Waals surface area contributed by atoms with Gasteiger partial charge in [-0.3, -0.25) is 14.5 Å². The van der Waals surface area contributed by atoms with Crippen LogP contribution in [-0.2, 0) is 17.8 Å². The van der Waals surface area contributed by atoms with Gasteiger partial charge in [0.15, 0.2) is 0 Å². The third-order valence-corrected chi connectivity index (χ3v) is 6.28. The molecular weight excluding hydrogens is 370 g/mol. The van der Waals surface area contributed by atoms with Crippen LogP contribution in [0.25, 0.3) is 0 Å². The number of rotatable bonds is 3. The molecule has 0 aliphatic carbocycles. The maximum atomic E-state index is 13.2. The van der Waals surface area contributed by atoms with E-state index in [0.29, 0.717) is 19.5 Å². The lowest BCUT2D eigenvalue weighted by Crippen LogP contribution is -2.62. The molecule has 5 nitrogen and oxygen atoms in total. The molecule has 2 aromatic rings. The molecule has 1 aromatic heterocycles. The Hall–Kier alpha value is -2.18. The number of amides is 2. The Morgan fingerprint density at radius 1 is 1.32 bits per heavy atom. The van der Waals surface area contributed by atoms with Gasteiger partial charge in [-0.25, -0.2) is 0 Å². The summed E-state index contributed by atoms with van der Waals surface area (Å²) in [6.07, 6.45) is 0.678. The number of nitrogens with zero attached hydrogens (tertiary/aromatic N) is 1. The van der Waals surface area contributed by atoms with E-state index in [1.807, 2.05) is 45.0 Å². The Morgan fingerprint density at radius 2 is 2.11 bits per heavy atom. The first-order valence-corrected chi connectivity index (χ1v) is 10.7. The average Bonchev–Trinajstić information content (AvgIpc) is 3.22. The second-order valence-electron chi connectivity index (χ2n) is 9.04. The van der Waals surface area contributed by atoms with Crippen molar-refractivity contribution in [2.75, 3.05) is 13.1 Å². The lowest BCUT2D eigenvalue weighted by Gasteiger charge is -2.40. The quantitative estimate of drug-likeness (QED) is 0.837. The van der Waals surface area contributed by atoms with Gasteiger partial charge in [-0.1, -0.05) is 18.2 Å². The molecule has 0 saturated carbocycles. The summed E-state index contributed by atoms with van der Waals surface area (Å²) in [5, 5.41) is 10.6. The number of hydrogen-bond acceptors (Lipinski definition) is 4. The molecule has 28 heavy (non-hydrogen) atoms. The molecule has 1 fully saturated rings. The molecule has 2 aliphatic rings. The molecule has 2 N–H and O–H groups in total. The highest BCUT2D eigenvalue weighted by molar-refractivity contribution is 7.07. The van der Waals surface area contributed by atoms with E-state index in [4.69, 9.17) is 0 Å². The van der Waals surface area contributed by atoms with E-state index in [0.717, 1.165) is 17.7 Å². The highest BCUT2D eigenvalue weighted by Gasteiger charge is 2.53. The molecular formula is C22H27N3O2S. The summed E-state index contributed by atoms with van der Waals surface area (Å²) in [7, 11) is 0. The zero-order valence-electron chi connectivity index (χ0n) is 16.6. The lowest BCUT2D eigenvalue weighted by atomic mass is 9.76. The van der Waals surface area contributed by atoms with Crippen LogP contribution in [0.15, 0.2) is 41.1 Å². The summed E-state index contributed by atoms with van der Waals surface area (Å²) in [6, 6.07) is 9.84. The van der Waals surface area contributed by atoms with Gasteiger partial charge in [0.25, 0.3) is 5.91 Å². The minimum absolute atomic E-state index is 0.0139. The monoisotopic (exact) mass is 397 g/mol. The van der Waals surface area contributed by atoms with Crippen molar-refractivity contribution in [3.63, 3.8) is 0 Å². The Labute approximate surface area is 170 Å². The van der Waals surface area contributed by atoms with Crippen molar-refractivity contribution in [1.29, 1.82) is 0 Å². The number of carbonyl (C=O) groups excluding carboxylic acids is 2. The molecule has 1 aromatic carbocycles. The average molecular weight is 398 g/mol. The van der Waals surface area contributed by atoms with Crippen LogP contribution < -0.4 is 10.6 Å². The van der Waals surface area contributed by atoms with Gasteiger partial charge in [-0.05, 0) is 61.2 Å². The molecule has 148 valence electrons. The molecule has 0 unspecified atom stereocenters.